The molecule has 3 rings (SSSR count). The number of benzene rings is 1. The Bertz CT molecular complexity index is 580. The third kappa shape index (κ3) is 6.53. The highest BCUT2D eigenvalue weighted by Gasteiger charge is 2.46. The summed E-state index contributed by atoms with van der Waals surface area (Å²) in [5.74, 6) is 0. The van der Waals surface area contributed by atoms with Crippen molar-refractivity contribution in [2.45, 2.75) is 83.1 Å². The molecule has 4 nitrogen and oxygen atoms in total. The molecule has 0 atom stereocenters. The second-order valence-electron chi connectivity index (χ2n) is 8.48. The Morgan fingerprint density at radius 2 is 1.70 bits per heavy atom. The van der Waals surface area contributed by atoms with E-state index in [1.165, 1.54) is 69.8 Å². The Morgan fingerprint density at radius 1 is 1.04 bits per heavy atom. The molecule has 2 fully saturated rings. The molecule has 0 bridgehead atoms. The number of nitrogens with one attached hydrogen (secondary N) is 2. The van der Waals surface area contributed by atoms with Gasteiger partial charge in [0.1, 0.15) is 0 Å². The maximum atomic E-state index is 12.5. The van der Waals surface area contributed by atoms with Gasteiger partial charge in [0.2, 0.25) is 0 Å². The van der Waals surface area contributed by atoms with E-state index in [0.29, 0.717) is 0 Å². The fourth-order valence-corrected chi connectivity index (χ4v) is 4.04. The Morgan fingerprint density at radius 3 is 2.37 bits per heavy atom. The highest BCUT2D eigenvalue weighted by Crippen LogP contribution is 2.37. The minimum absolute atomic E-state index is 0.0404. The molecule has 1 heterocycles. The fraction of sp³-hybridized carbons (Fsp3) is 0.696. The van der Waals surface area contributed by atoms with Crippen molar-refractivity contribution >= 4 is 11.7 Å². The molecule has 150 valence electrons. The second-order valence-corrected chi connectivity index (χ2v) is 8.48. The van der Waals surface area contributed by atoms with E-state index in [1.807, 2.05) is 17.0 Å². The first-order valence-corrected chi connectivity index (χ1v) is 11.1. The van der Waals surface area contributed by atoms with Gasteiger partial charge in [-0.05, 0) is 43.4 Å². The van der Waals surface area contributed by atoms with E-state index in [9.17, 15) is 4.79 Å². The minimum Gasteiger partial charge on any atom is -0.321 e. The number of anilines is 1. The van der Waals surface area contributed by atoms with Crippen LogP contribution < -0.4 is 10.6 Å². The number of nitrogens with zero attached hydrogens (tertiary/aromatic N) is 1. The predicted molar refractivity (Wildman–Crippen MR) is 113 cm³/mol. The number of carbonyl (C=O) groups excluding carboxylic acids is 1. The summed E-state index contributed by atoms with van der Waals surface area (Å²) in [5.41, 5.74) is 2.51. The lowest BCUT2D eigenvalue weighted by atomic mass is 10.0. The molecule has 0 aromatic heterocycles. The first kappa shape index (κ1) is 20.2. The van der Waals surface area contributed by atoms with E-state index < -0.39 is 0 Å². The summed E-state index contributed by atoms with van der Waals surface area (Å²) in [4.78, 5) is 14.4. The van der Waals surface area contributed by atoms with Crippen LogP contribution in [0.15, 0.2) is 24.3 Å². The van der Waals surface area contributed by atoms with Gasteiger partial charge in [0.15, 0.2) is 0 Å². The molecule has 27 heavy (non-hydrogen) atoms. The number of unbranched alkanes of at least 4 members (excludes halogenated alkanes) is 7. The molecule has 1 spiro atoms. The number of piperazine rings is 1. The summed E-state index contributed by atoms with van der Waals surface area (Å²) in [6, 6.07) is 8.47. The van der Waals surface area contributed by atoms with Gasteiger partial charge >= 0.3 is 6.03 Å². The number of hydrogen-bond acceptors (Lipinski definition) is 2. The minimum atomic E-state index is 0.0404. The molecule has 1 aliphatic carbocycles. The van der Waals surface area contributed by atoms with Gasteiger partial charge in [0.25, 0.3) is 0 Å². The predicted octanol–water partition coefficient (Wildman–Crippen LogP) is 5.34. The van der Waals surface area contributed by atoms with Crippen molar-refractivity contribution in [3.8, 4) is 0 Å². The van der Waals surface area contributed by atoms with Gasteiger partial charge in [-0.25, -0.2) is 4.79 Å². The monoisotopic (exact) mass is 371 g/mol. The van der Waals surface area contributed by atoms with Crippen molar-refractivity contribution in [3.05, 3.63) is 29.8 Å². The topological polar surface area (TPSA) is 44.4 Å². The smallest absolute Gasteiger partial charge is 0.321 e. The molecule has 1 saturated carbocycles. The molecule has 1 aliphatic heterocycles. The van der Waals surface area contributed by atoms with E-state index in [2.05, 4.69) is 29.7 Å². The third-order valence-corrected chi connectivity index (χ3v) is 6.04. The lowest BCUT2D eigenvalue weighted by Crippen LogP contribution is -2.55. The lowest BCUT2D eigenvalue weighted by molar-refractivity contribution is 0.185. The van der Waals surface area contributed by atoms with Crippen molar-refractivity contribution in [3.63, 3.8) is 0 Å². The number of aryl methyl sites for hydroxylation is 1. The Labute approximate surface area is 165 Å². The molecule has 1 saturated heterocycles. The van der Waals surface area contributed by atoms with Crippen molar-refractivity contribution in [2.75, 3.05) is 25.0 Å². The third-order valence-electron chi connectivity index (χ3n) is 6.04. The summed E-state index contributed by atoms with van der Waals surface area (Å²) < 4.78 is 0. The van der Waals surface area contributed by atoms with Crippen molar-refractivity contribution in [2.24, 2.45) is 0 Å². The Kier molecular flexibility index (Phi) is 7.57. The van der Waals surface area contributed by atoms with Crippen LogP contribution in [0, 0.1) is 0 Å². The van der Waals surface area contributed by atoms with Crippen LogP contribution in [0.5, 0.6) is 0 Å². The molecule has 1 aromatic carbocycles. The van der Waals surface area contributed by atoms with Crippen molar-refractivity contribution < 1.29 is 4.79 Å². The first-order chi connectivity index (χ1) is 13.2. The first-order valence-electron chi connectivity index (χ1n) is 11.1. The summed E-state index contributed by atoms with van der Waals surface area (Å²) in [5, 5.41) is 6.61. The number of rotatable bonds is 10. The average molecular weight is 372 g/mol. The second kappa shape index (κ2) is 10.1. The van der Waals surface area contributed by atoms with Crippen LogP contribution in [-0.4, -0.2) is 36.1 Å². The van der Waals surface area contributed by atoms with Gasteiger partial charge in [-0.3, -0.25) is 0 Å². The molecular formula is C23H37N3O. The van der Waals surface area contributed by atoms with Gasteiger partial charge in [0, 0.05) is 30.9 Å². The quantitative estimate of drug-likeness (QED) is 0.545. The normalized spacial score (nSPS) is 17.9. The van der Waals surface area contributed by atoms with E-state index in [0.717, 1.165) is 31.7 Å². The largest absolute Gasteiger partial charge is 0.321 e. The highest BCUT2D eigenvalue weighted by atomic mass is 16.2. The van der Waals surface area contributed by atoms with Crippen LogP contribution in [-0.2, 0) is 6.42 Å². The van der Waals surface area contributed by atoms with Crippen LogP contribution in [0.3, 0.4) is 0 Å². The molecule has 4 heteroatoms. The van der Waals surface area contributed by atoms with Crippen molar-refractivity contribution in [1.82, 2.24) is 10.2 Å². The van der Waals surface area contributed by atoms with Crippen LogP contribution >= 0.6 is 0 Å². The maximum Gasteiger partial charge on any atom is 0.321 e. The zero-order valence-electron chi connectivity index (χ0n) is 17.1. The number of carbonyl (C=O) groups is 1. The van der Waals surface area contributed by atoms with Gasteiger partial charge in [-0.1, -0.05) is 64.0 Å². The fourth-order valence-electron chi connectivity index (χ4n) is 4.04. The number of amides is 2. The summed E-state index contributed by atoms with van der Waals surface area (Å²) >= 11 is 0. The van der Waals surface area contributed by atoms with Crippen LogP contribution in [0.2, 0.25) is 0 Å². The average Bonchev–Trinajstić information content (AvgIpc) is 3.43. The Hall–Kier alpha value is -1.55. The summed E-state index contributed by atoms with van der Waals surface area (Å²) in [6.07, 6.45) is 14.4. The molecule has 2 aliphatic rings. The maximum absolute atomic E-state index is 12.5. The van der Waals surface area contributed by atoms with Crippen LogP contribution in [0.1, 0.15) is 76.7 Å². The molecule has 0 unspecified atom stereocenters. The SMILES string of the molecule is CCCCCCCCCCc1ccc(NC(=O)N2CCNC3(CC3)C2)cc1. The lowest BCUT2D eigenvalue weighted by Gasteiger charge is -2.34. The van der Waals surface area contributed by atoms with Gasteiger partial charge in [-0.15, -0.1) is 0 Å². The number of hydrogen-bond donors (Lipinski definition) is 2. The van der Waals surface area contributed by atoms with E-state index >= 15 is 0 Å². The highest BCUT2D eigenvalue weighted by molar-refractivity contribution is 5.89. The van der Waals surface area contributed by atoms with E-state index in [4.69, 9.17) is 0 Å². The van der Waals surface area contributed by atoms with Crippen molar-refractivity contribution in [1.29, 1.82) is 0 Å². The van der Waals surface area contributed by atoms with E-state index in [-0.39, 0.29) is 11.6 Å². The van der Waals surface area contributed by atoms with Gasteiger partial charge in [-0.2, -0.15) is 0 Å². The zero-order chi connectivity index (χ0) is 19.0. The van der Waals surface area contributed by atoms with Gasteiger partial charge < -0.3 is 15.5 Å². The molecule has 1 aromatic rings. The summed E-state index contributed by atoms with van der Waals surface area (Å²) in [6.45, 7) is 4.81. The van der Waals surface area contributed by atoms with E-state index in [1.54, 1.807) is 0 Å². The van der Waals surface area contributed by atoms with Gasteiger partial charge in [0.05, 0.1) is 0 Å². The number of urea groups is 1. The zero-order valence-corrected chi connectivity index (χ0v) is 17.1. The standard InChI is InChI=1S/C23H37N3O/c1-2-3-4-5-6-7-8-9-10-20-11-13-21(14-12-20)25-22(27)26-18-17-24-23(19-26)15-16-23/h11-14,24H,2-10,15-19H2,1H3,(H,25,27). The molecular weight excluding hydrogens is 334 g/mol. The molecule has 2 N–H and O–H groups in total. The van der Waals surface area contributed by atoms with Crippen LogP contribution in [0.25, 0.3) is 0 Å². The molecule has 0 radical (unpaired) electrons. The van der Waals surface area contributed by atoms with Crippen LogP contribution in [0.4, 0.5) is 10.5 Å². The summed E-state index contributed by atoms with van der Waals surface area (Å²) in [7, 11) is 0. The Balaban J connectivity index is 1.32. The molecule has 2 amide bonds.